The van der Waals surface area contributed by atoms with Crippen LogP contribution < -0.4 is 5.32 Å². The van der Waals surface area contributed by atoms with Gasteiger partial charge in [-0.15, -0.1) is 0 Å². The minimum atomic E-state index is -0.171. The molecule has 1 amide bonds. The summed E-state index contributed by atoms with van der Waals surface area (Å²) in [4.78, 5) is 14.4. The number of hydrogen-bond acceptors (Lipinski definition) is 4. The Morgan fingerprint density at radius 1 is 1.55 bits per heavy atom. The molecule has 1 aromatic carbocycles. The molecular weight excluding hydrogens is 256 g/mol. The molecule has 1 saturated heterocycles. The molecule has 1 atom stereocenters. The van der Waals surface area contributed by atoms with Crippen molar-refractivity contribution in [3.8, 4) is 5.75 Å². The Hall–Kier alpha value is -1.59. The van der Waals surface area contributed by atoms with Crippen molar-refractivity contribution < 1.29 is 14.6 Å². The third-order valence-electron chi connectivity index (χ3n) is 3.71. The van der Waals surface area contributed by atoms with Crippen molar-refractivity contribution in [2.75, 3.05) is 32.8 Å². The van der Waals surface area contributed by atoms with Gasteiger partial charge < -0.3 is 15.2 Å². The predicted molar refractivity (Wildman–Crippen MR) is 77.0 cm³/mol. The van der Waals surface area contributed by atoms with Gasteiger partial charge in [0.2, 0.25) is 0 Å². The fraction of sp³-hybridized carbons (Fsp3) is 0.533. The number of rotatable bonds is 4. The fourth-order valence-electron chi connectivity index (χ4n) is 2.36. The zero-order chi connectivity index (χ0) is 14.5. The normalized spacial score (nSPS) is 19.8. The summed E-state index contributed by atoms with van der Waals surface area (Å²) in [5.74, 6) is -0.0284. The monoisotopic (exact) mass is 278 g/mol. The molecular formula is C15H22N2O3. The van der Waals surface area contributed by atoms with Crippen LogP contribution in [0.2, 0.25) is 0 Å². The van der Waals surface area contributed by atoms with Gasteiger partial charge in [-0.25, -0.2) is 0 Å². The Balaban J connectivity index is 1.90. The minimum absolute atomic E-state index is 0.0327. The molecule has 0 bridgehead atoms. The van der Waals surface area contributed by atoms with Crippen molar-refractivity contribution in [1.29, 1.82) is 0 Å². The van der Waals surface area contributed by atoms with E-state index in [9.17, 15) is 9.90 Å². The number of carbonyl (C=O) groups is 1. The first kappa shape index (κ1) is 14.8. The van der Waals surface area contributed by atoms with E-state index in [1.807, 2.05) is 0 Å². The van der Waals surface area contributed by atoms with Crippen molar-refractivity contribution >= 4 is 5.91 Å². The molecule has 2 N–H and O–H groups in total. The van der Waals surface area contributed by atoms with Crippen molar-refractivity contribution in [3.63, 3.8) is 0 Å². The molecule has 0 aliphatic carbocycles. The summed E-state index contributed by atoms with van der Waals surface area (Å²) in [6.07, 6.45) is 0.0327. The minimum Gasteiger partial charge on any atom is -0.508 e. The standard InChI is InChI=1S/C15H22N2O3/c1-3-17-7-8-20-12(10-17)9-16-15(19)13-5-4-6-14(18)11(13)2/h4-6,12,18H,3,7-10H2,1-2H3,(H,16,19). The van der Waals surface area contributed by atoms with Crippen molar-refractivity contribution in [3.05, 3.63) is 29.3 Å². The van der Waals surface area contributed by atoms with Crippen LogP contribution in [0.1, 0.15) is 22.8 Å². The lowest BCUT2D eigenvalue weighted by Gasteiger charge is -2.32. The van der Waals surface area contributed by atoms with E-state index < -0.39 is 0 Å². The molecule has 0 aromatic heterocycles. The first-order valence-electron chi connectivity index (χ1n) is 7.02. The number of hydrogen-bond donors (Lipinski definition) is 2. The summed E-state index contributed by atoms with van der Waals surface area (Å²) in [6, 6.07) is 4.97. The summed E-state index contributed by atoms with van der Waals surface area (Å²) in [5.41, 5.74) is 1.11. The number of likely N-dealkylation sites (N-methyl/N-ethyl adjacent to an activating group) is 1. The van der Waals surface area contributed by atoms with Gasteiger partial charge in [-0.05, 0) is 25.6 Å². The van der Waals surface area contributed by atoms with Crippen LogP contribution in [0.5, 0.6) is 5.75 Å². The van der Waals surface area contributed by atoms with E-state index in [0.29, 0.717) is 24.3 Å². The molecule has 1 heterocycles. The molecule has 5 nitrogen and oxygen atoms in total. The average molecular weight is 278 g/mol. The lowest BCUT2D eigenvalue weighted by atomic mass is 10.1. The highest BCUT2D eigenvalue weighted by Gasteiger charge is 2.20. The quantitative estimate of drug-likeness (QED) is 0.867. The third kappa shape index (κ3) is 3.49. The second-order valence-electron chi connectivity index (χ2n) is 5.05. The van der Waals surface area contributed by atoms with Crippen LogP contribution in [0, 0.1) is 6.92 Å². The molecule has 20 heavy (non-hydrogen) atoms. The van der Waals surface area contributed by atoms with E-state index in [-0.39, 0.29) is 17.8 Å². The molecule has 1 fully saturated rings. The number of carbonyl (C=O) groups excluding carboxylic acids is 1. The van der Waals surface area contributed by atoms with Gasteiger partial charge in [-0.3, -0.25) is 9.69 Å². The van der Waals surface area contributed by atoms with Crippen molar-refractivity contribution in [1.82, 2.24) is 10.2 Å². The summed E-state index contributed by atoms with van der Waals surface area (Å²) in [6.45, 7) is 7.85. The maximum absolute atomic E-state index is 12.1. The number of nitrogens with one attached hydrogen (secondary N) is 1. The number of nitrogens with zero attached hydrogens (tertiary/aromatic N) is 1. The summed E-state index contributed by atoms with van der Waals surface area (Å²) >= 11 is 0. The maximum atomic E-state index is 12.1. The van der Waals surface area contributed by atoms with Crippen LogP contribution in [-0.4, -0.2) is 54.8 Å². The molecule has 1 aliphatic heterocycles. The van der Waals surface area contributed by atoms with Gasteiger partial charge in [-0.1, -0.05) is 13.0 Å². The van der Waals surface area contributed by atoms with E-state index in [4.69, 9.17) is 4.74 Å². The zero-order valence-electron chi connectivity index (χ0n) is 12.1. The van der Waals surface area contributed by atoms with Crippen LogP contribution in [0.4, 0.5) is 0 Å². The fourth-order valence-corrected chi connectivity index (χ4v) is 2.36. The number of phenols is 1. The highest BCUT2D eigenvalue weighted by Crippen LogP contribution is 2.19. The smallest absolute Gasteiger partial charge is 0.251 e. The van der Waals surface area contributed by atoms with Gasteiger partial charge >= 0.3 is 0 Å². The molecule has 5 heteroatoms. The molecule has 1 unspecified atom stereocenters. The topological polar surface area (TPSA) is 61.8 Å². The van der Waals surface area contributed by atoms with Crippen LogP contribution >= 0.6 is 0 Å². The Labute approximate surface area is 119 Å². The highest BCUT2D eigenvalue weighted by molar-refractivity contribution is 5.96. The second kappa shape index (κ2) is 6.72. The number of phenolic OH excluding ortho intramolecular Hbond substituents is 1. The van der Waals surface area contributed by atoms with Gasteiger partial charge in [-0.2, -0.15) is 0 Å². The third-order valence-corrected chi connectivity index (χ3v) is 3.71. The maximum Gasteiger partial charge on any atom is 0.251 e. The van der Waals surface area contributed by atoms with Gasteiger partial charge in [0.15, 0.2) is 0 Å². The van der Waals surface area contributed by atoms with Crippen molar-refractivity contribution in [2.24, 2.45) is 0 Å². The van der Waals surface area contributed by atoms with Crippen LogP contribution in [0.3, 0.4) is 0 Å². The second-order valence-corrected chi connectivity index (χ2v) is 5.05. The molecule has 0 saturated carbocycles. The Morgan fingerprint density at radius 2 is 2.35 bits per heavy atom. The van der Waals surface area contributed by atoms with E-state index in [0.717, 1.165) is 19.6 Å². The molecule has 1 aromatic rings. The van der Waals surface area contributed by atoms with Gasteiger partial charge in [0, 0.05) is 30.8 Å². The van der Waals surface area contributed by atoms with Crippen LogP contribution in [0.25, 0.3) is 0 Å². The number of ether oxygens (including phenoxy) is 1. The van der Waals surface area contributed by atoms with Gasteiger partial charge in [0.1, 0.15) is 5.75 Å². The van der Waals surface area contributed by atoms with E-state index in [1.165, 1.54) is 0 Å². The van der Waals surface area contributed by atoms with Gasteiger partial charge in [0.25, 0.3) is 5.91 Å². The highest BCUT2D eigenvalue weighted by atomic mass is 16.5. The Bertz CT molecular complexity index is 476. The molecule has 2 rings (SSSR count). The SMILES string of the molecule is CCN1CCOC(CNC(=O)c2cccc(O)c2C)C1. The number of morpholine rings is 1. The van der Waals surface area contributed by atoms with E-state index in [1.54, 1.807) is 25.1 Å². The zero-order valence-corrected chi connectivity index (χ0v) is 12.1. The summed E-state index contributed by atoms with van der Waals surface area (Å²) in [5, 5.41) is 12.5. The molecule has 110 valence electrons. The first-order chi connectivity index (χ1) is 9.61. The lowest BCUT2D eigenvalue weighted by Crippen LogP contribution is -2.47. The number of amides is 1. The number of benzene rings is 1. The van der Waals surface area contributed by atoms with Crippen molar-refractivity contribution in [2.45, 2.75) is 20.0 Å². The summed E-state index contributed by atoms with van der Waals surface area (Å²) in [7, 11) is 0. The molecule has 0 radical (unpaired) electrons. The Kier molecular flexibility index (Phi) is 4.98. The Morgan fingerprint density at radius 3 is 3.10 bits per heavy atom. The molecule has 0 spiro atoms. The first-order valence-corrected chi connectivity index (χ1v) is 7.02. The van der Waals surface area contributed by atoms with Crippen LogP contribution in [0.15, 0.2) is 18.2 Å². The predicted octanol–water partition coefficient (Wildman–Crippen LogP) is 1.15. The molecule has 1 aliphatic rings. The number of aromatic hydroxyl groups is 1. The van der Waals surface area contributed by atoms with Crippen LogP contribution in [-0.2, 0) is 4.74 Å². The van der Waals surface area contributed by atoms with E-state index >= 15 is 0 Å². The summed E-state index contributed by atoms with van der Waals surface area (Å²) < 4.78 is 5.64. The average Bonchev–Trinajstić information content (AvgIpc) is 2.48. The lowest BCUT2D eigenvalue weighted by molar-refractivity contribution is -0.0246. The van der Waals surface area contributed by atoms with E-state index in [2.05, 4.69) is 17.1 Å². The largest absolute Gasteiger partial charge is 0.508 e. The van der Waals surface area contributed by atoms with Gasteiger partial charge in [0.05, 0.1) is 12.7 Å².